The topological polar surface area (TPSA) is 84.2 Å². The minimum absolute atomic E-state index is 0.0576. The largest absolute Gasteiger partial charge is 0.399 e. The van der Waals surface area contributed by atoms with Crippen molar-refractivity contribution in [1.82, 2.24) is 10.6 Å². The molecule has 120 valence electrons. The summed E-state index contributed by atoms with van der Waals surface area (Å²) in [7, 11) is 0. The Labute approximate surface area is 131 Å². The summed E-state index contributed by atoms with van der Waals surface area (Å²) in [6.07, 6.45) is 5.28. The SMILES string of the molecule is CC(=O)NC1(C(=O)NCCc2ccc(N)cc2)CCCCC1. The number of carbonyl (C=O) groups excluding carboxylic acids is 2. The van der Waals surface area contributed by atoms with Gasteiger partial charge < -0.3 is 16.4 Å². The van der Waals surface area contributed by atoms with Crippen molar-refractivity contribution in [2.24, 2.45) is 0 Å². The van der Waals surface area contributed by atoms with E-state index in [-0.39, 0.29) is 11.8 Å². The van der Waals surface area contributed by atoms with E-state index in [4.69, 9.17) is 5.73 Å². The van der Waals surface area contributed by atoms with Crippen molar-refractivity contribution in [3.8, 4) is 0 Å². The van der Waals surface area contributed by atoms with E-state index in [9.17, 15) is 9.59 Å². The molecule has 0 spiro atoms. The molecule has 0 heterocycles. The van der Waals surface area contributed by atoms with Crippen LogP contribution in [-0.2, 0) is 16.0 Å². The molecule has 0 atom stereocenters. The third-order valence-electron chi connectivity index (χ3n) is 4.24. The Hall–Kier alpha value is -2.04. The Morgan fingerprint density at radius 1 is 1.14 bits per heavy atom. The van der Waals surface area contributed by atoms with Gasteiger partial charge in [-0.05, 0) is 37.0 Å². The van der Waals surface area contributed by atoms with Gasteiger partial charge in [0.15, 0.2) is 0 Å². The van der Waals surface area contributed by atoms with Crippen LogP contribution in [0.3, 0.4) is 0 Å². The molecule has 0 radical (unpaired) electrons. The van der Waals surface area contributed by atoms with Gasteiger partial charge in [-0.15, -0.1) is 0 Å². The lowest BCUT2D eigenvalue weighted by Gasteiger charge is -2.36. The lowest BCUT2D eigenvalue weighted by atomic mass is 9.80. The van der Waals surface area contributed by atoms with Crippen LogP contribution in [0, 0.1) is 0 Å². The minimum Gasteiger partial charge on any atom is -0.399 e. The number of nitrogens with two attached hydrogens (primary N) is 1. The monoisotopic (exact) mass is 303 g/mol. The number of anilines is 1. The molecule has 0 bridgehead atoms. The molecule has 1 aromatic rings. The van der Waals surface area contributed by atoms with Gasteiger partial charge in [0.05, 0.1) is 0 Å². The number of benzene rings is 1. The number of nitrogens with one attached hydrogen (secondary N) is 2. The van der Waals surface area contributed by atoms with Gasteiger partial charge in [0.1, 0.15) is 5.54 Å². The van der Waals surface area contributed by atoms with Crippen LogP contribution in [0.5, 0.6) is 0 Å². The molecule has 0 unspecified atom stereocenters. The number of carbonyl (C=O) groups is 2. The Morgan fingerprint density at radius 2 is 1.77 bits per heavy atom. The van der Waals surface area contributed by atoms with Gasteiger partial charge in [-0.2, -0.15) is 0 Å². The Morgan fingerprint density at radius 3 is 2.36 bits per heavy atom. The number of hydrogen-bond acceptors (Lipinski definition) is 3. The lowest BCUT2D eigenvalue weighted by Crippen LogP contribution is -2.59. The summed E-state index contributed by atoms with van der Waals surface area (Å²) < 4.78 is 0. The van der Waals surface area contributed by atoms with E-state index in [0.29, 0.717) is 6.54 Å². The third kappa shape index (κ3) is 4.23. The van der Waals surface area contributed by atoms with Crippen LogP contribution >= 0.6 is 0 Å². The predicted octanol–water partition coefficient (Wildman–Crippen LogP) is 1.77. The molecule has 2 rings (SSSR count). The smallest absolute Gasteiger partial charge is 0.245 e. The first-order chi connectivity index (χ1) is 10.5. The first-order valence-corrected chi connectivity index (χ1v) is 7.93. The second-order valence-corrected chi connectivity index (χ2v) is 6.07. The van der Waals surface area contributed by atoms with Gasteiger partial charge in [-0.1, -0.05) is 31.4 Å². The van der Waals surface area contributed by atoms with Crippen LogP contribution in [0.1, 0.15) is 44.6 Å². The van der Waals surface area contributed by atoms with E-state index in [0.717, 1.165) is 49.8 Å². The van der Waals surface area contributed by atoms with E-state index in [1.54, 1.807) is 0 Å². The number of rotatable bonds is 5. The van der Waals surface area contributed by atoms with Crippen LogP contribution in [0.25, 0.3) is 0 Å². The summed E-state index contributed by atoms with van der Waals surface area (Å²) in [5.74, 6) is -0.201. The van der Waals surface area contributed by atoms with Crippen molar-refractivity contribution in [2.75, 3.05) is 12.3 Å². The normalized spacial score (nSPS) is 16.8. The maximum atomic E-state index is 12.6. The zero-order valence-corrected chi connectivity index (χ0v) is 13.2. The fraction of sp³-hybridized carbons (Fsp3) is 0.529. The van der Waals surface area contributed by atoms with E-state index < -0.39 is 5.54 Å². The fourth-order valence-electron chi connectivity index (χ4n) is 3.07. The molecular formula is C17H25N3O2. The third-order valence-corrected chi connectivity index (χ3v) is 4.24. The van der Waals surface area contributed by atoms with Crippen LogP contribution in [-0.4, -0.2) is 23.9 Å². The van der Waals surface area contributed by atoms with Gasteiger partial charge in [-0.25, -0.2) is 0 Å². The van der Waals surface area contributed by atoms with Gasteiger partial charge in [-0.3, -0.25) is 9.59 Å². The number of hydrogen-bond donors (Lipinski definition) is 3. The molecule has 0 aromatic heterocycles. The van der Waals surface area contributed by atoms with Crippen LogP contribution in [0.2, 0.25) is 0 Å². The average molecular weight is 303 g/mol. The van der Waals surface area contributed by atoms with Crippen molar-refractivity contribution in [1.29, 1.82) is 0 Å². The number of amides is 2. The van der Waals surface area contributed by atoms with Gasteiger partial charge in [0.2, 0.25) is 11.8 Å². The summed E-state index contributed by atoms with van der Waals surface area (Å²) in [5.41, 5.74) is 6.80. The van der Waals surface area contributed by atoms with E-state index in [2.05, 4.69) is 10.6 Å². The highest BCUT2D eigenvalue weighted by molar-refractivity contribution is 5.91. The zero-order valence-electron chi connectivity index (χ0n) is 13.2. The first-order valence-electron chi connectivity index (χ1n) is 7.93. The second kappa shape index (κ2) is 7.29. The fourth-order valence-corrected chi connectivity index (χ4v) is 3.07. The van der Waals surface area contributed by atoms with Crippen LogP contribution in [0.4, 0.5) is 5.69 Å². The highest BCUT2D eigenvalue weighted by Gasteiger charge is 2.39. The highest BCUT2D eigenvalue weighted by Crippen LogP contribution is 2.28. The summed E-state index contributed by atoms with van der Waals surface area (Å²) in [6.45, 7) is 2.03. The quantitative estimate of drug-likeness (QED) is 0.725. The molecule has 1 fully saturated rings. The first kappa shape index (κ1) is 16.3. The van der Waals surface area contributed by atoms with Crippen molar-refractivity contribution >= 4 is 17.5 Å². The Bertz CT molecular complexity index is 519. The van der Waals surface area contributed by atoms with Gasteiger partial charge in [0.25, 0.3) is 0 Å². The molecule has 5 nitrogen and oxygen atoms in total. The summed E-state index contributed by atoms with van der Waals surface area (Å²) in [5, 5.41) is 5.86. The van der Waals surface area contributed by atoms with Crippen molar-refractivity contribution in [2.45, 2.75) is 51.0 Å². The van der Waals surface area contributed by atoms with E-state index in [1.807, 2.05) is 24.3 Å². The average Bonchev–Trinajstić information content (AvgIpc) is 2.49. The van der Waals surface area contributed by atoms with Crippen LogP contribution in [0.15, 0.2) is 24.3 Å². The maximum absolute atomic E-state index is 12.6. The molecule has 0 aliphatic heterocycles. The van der Waals surface area contributed by atoms with Crippen molar-refractivity contribution in [3.63, 3.8) is 0 Å². The summed E-state index contributed by atoms with van der Waals surface area (Å²) in [6, 6.07) is 7.64. The molecule has 5 heteroatoms. The molecule has 2 amide bonds. The minimum atomic E-state index is -0.717. The van der Waals surface area contributed by atoms with Crippen molar-refractivity contribution in [3.05, 3.63) is 29.8 Å². The van der Waals surface area contributed by atoms with E-state index >= 15 is 0 Å². The Kier molecular flexibility index (Phi) is 5.41. The Balaban J connectivity index is 1.90. The van der Waals surface area contributed by atoms with Gasteiger partial charge in [0, 0.05) is 19.2 Å². The second-order valence-electron chi connectivity index (χ2n) is 6.07. The molecule has 1 saturated carbocycles. The highest BCUT2D eigenvalue weighted by atomic mass is 16.2. The standard InChI is InChI=1S/C17H25N3O2/c1-13(21)20-17(10-3-2-4-11-17)16(22)19-12-9-14-5-7-15(18)8-6-14/h5-8H,2-4,9-12,18H2,1H3,(H,19,22)(H,20,21). The lowest BCUT2D eigenvalue weighted by molar-refractivity contribution is -0.134. The molecule has 1 aliphatic carbocycles. The van der Waals surface area contributed by atoms with E-state index in [1.165, 1.54) is 6.92 Å². The number of nitrogen functional groups attached to an aromatic ring is 1. The zero-order chi connectivity index (χ0) is 16.0. The summed E-state index contributed by atoms with van der Waals surface area (Å²) in [4.78, 5) is 24.0. The van der Waals surface area contributed by atoms with Crippen molar-refractivity contribution < 1.29 is 9.59 Å². The molecular weight excluding hydrogens is 278 g/mol. The molecule has 0 saturated heterocycles. The molecule has 22 heavy (non-hydrogen) atoms. The summed E-state index contributed by atoms with van der Waals surface area (Å²) >= 11 is 0. The molecule has 4 N–H and O–H groups in total. The maximum Gasteiger partial charge on any atom is 0.245 e. The van der Waals surface area contributed by atoms with Gasteiger partial charge >= 0.3 is 0 Å². The predicted molar refractivity (Wildman–Crippen MR) is 87.2 cm³/mol. The van der Waals surface area contributed by atoms with Crippen LogP contribution < -0.4 is 16.4 Å². The molecule has 1 aliphatic rings. The molecule has 1 aromatic carbocycles.